The van der Waals surface area contributed by atoms with Gasteiger partial charge in [-0.05, 0) is 34.1 Å². The molecule has 2 aromatic rings. The van der Waals surface area contributed by atoms with Crippen molar-refractivity contribution in [3.05, 3.63) is 39.5 Å². The molecule has 150 valence electrons. The van der Waals surface area contributed by atoms with Crippen LogP contribution in [0.15, 0.2) is 38.2 Å². The Balaban J connectivity index is 2.37. The molecule has 0 amide bonds. The van der Waals surface area contributed by atoms with Gasteiger partial charge in [-0.2, -0.15) is 0 Å². The monoisotopic (exact) mass is 494 g/mol. The molecule has 1 aromatic carbocycles. The summed E-state index contributed by atoms with van der Waals surface area (Å²) in [6.45, 7) is 8.82. The van der Waals surface area contributed by atoms with Crippen LogP contribution in [0.3, 0.4) is 0 Å². The van der Waals surface area contributed by atoms with Gasteiger partial charge < -0.3 is 9.26 Å². The van der Waals surface area contributed by atoms with Crippen LogP contribution in [-0.2, 0) is 21.2 Å². The Morgan fingerprint density at radius 3 is 2.52 bits per heavy atom. The first-order valence-electron chi connectivity index (χ1n) is 8.57. The van der Waals surface area contributed by atoms with Crippen molar-refractivity contribution in [2.75, 3.05) is 17.6 Å². The molecule has 0 aliphatic heterocycles. The van der Waals surface area contributed by atoms with Gasteiger partial charge in [0.05, 0.1) is 0 Å². The maximum atomic E-state index is 13.3. The molecule has 0 saturated heterocycles. The normalized spacial score (nSPS) is 12.4. The predicted octanol–water partition coefficient (Wildman–Crippen LogP) is 5.16. The molecule has 0 bridgehead atoms. The van der Waals surface area contributed by atoms with Gasteiger partial charge in [-0.15, -0.1) is 0 Å². The van der Waals surface area contributed by atoms with Crippen molar-refractivity contribution < 1.29 is 17.7 Å². The minimum absolute atomic E-state index is 0.0391. The largest absolute Gasteiger partial charge is 0.360 e. The Hall–Kier alpha value is -0.873. The van der Waals surface area contributed by atoms with E-state index in [1.807, 2.05) is 6.92 Å². The zero-order chi connectivity index (χ0) is 20.2. The lowest BCUT2D eigenvalue weighted by Crippen LogP contribution is -2.35. The molecule has 0 radical (unpaired) electrons. The lowest BCUT2D eigenvalue weighted by atomic mass is 10.3. The van der Waals surface area contributed by atoms with Crippen LogP contribution in [0, 0.1) is 0 Å². The van der Waals surface area contributed by atoms with E-state index in [-0.39, 0.29) is 22.5 Å². The van der Waals surface area contributed by atoms with E-state index in [2.05, 4.69) is 40.7 Å². The lowest BCUT2D eigenvalue weighted by Gasteiger charge is -2.23. The van der Waals surface area contributed by atoms with E-state index in [9.17, 15) is 8.42 Å². The third-order valence-corrected chi connectivity index (χ3v) is 8.66. The number of sulfonamides is 1. The van der Waals surface area contributed by atoms with Crippen molar-refractivity contribution in [1.82, 2.24) is 5.16 Å². The van der Waals surface area contributed by atoms with Gasteiger partial charge in [-0.1, -0.05) is 55.5 Å². The van der Waals surface area contributed by atoms with E-state index >= 15 is 0 Å². The number of aryl methyl sites for hydroxylation is 1. The average Bonchev–Trinajstić information content (AvgIpc) is 2.94. The van der Waals surface area contributed by atoms with Gasteiger partial charge in [0.2, 0.25) is 5.82 Å². The van der Waals surface area contributed by atoms with Crippen LogP contribution in [0.25, 0.3) is 0 Å². The fourth-order valence-corrected chi connectivity index (χ4v) is 5.60. The average molecular weight is 496 g/mol. The summed E-state index contributed by atoms with van der Waals surface area (Å²) in [6.07, 6.45) is 0.505. The molecule has 0 atom stereocenters. The van der Waals surface area contributed by atoms with Crippen molar-refractivity contribution >= 4 is 51.4 Å². The Kier molecular flexibility index (Phi) is 7.54. The number of ether oxygens (including phenoxy) is 1. The molecule has 0 aliphatic rings. The first-order chi connectivity index (χ1) is 12.6. The highest BCUT2D eigenvalue weighted by Gasteiger charge is 2.32. The minimum Gasteiger partial charge on any atom is -0.360 e. The van der Waals surface area contributed by atoms with Crippen LogP contribution >= 0.6 is 27.5 Å². The van der Waals surface area contributed by atoms with Crippen LogP contribution in [0.2, 0.25) is 30.7 Å². The highest BCUT2D eigenvalue weighted by Crippen LogP contribution is 2.34. The lowest BCUT2D eigenvalue weighted by molar-refractivity contribution is 0.155. The number of hydrogen-bond donors (Lipinski definition) is 0. The van der Waals surface area contributed by atoms with Crippen LogP contribution < -0.4 is 4.31 Å². The van der Waals surface area contributed by atoms with Gasteiger partial charge in [-0.25, -0.2) is 12.7 Å². The zero-order valence-electron chi connectivity index (χ0n) is 15.8. The first-order valence-corrected chi connectivity index (χ1v) is 14.9. The molecule has 1 aromatic heterocycles. The number of hydrogen-bond acceptors (Lipinski definition) is 5. The van der Waals surface area contributed by atoms with E-state index in [1.165, 1.54) is 6.07 Å². The standard InChI is InChI=1S/C17H24BrClN2O4SSi/c1-5-14-16(19)17(20-25-14)21(12-24-10-11-27(2,3)4)26(22,23)15-9-7-6-8-13(15)18/h6-9H,5,10-12H2,1-4H3. The summed E-state index contributed by atoms with van der Waals surface area (Å²) in [4.78, 5) is 0.107. The summed E-state index contributed by atoms with van der Waals surface area (Å²) in [5.41, 5.74) is 0. The van der Waals surface area contributed by atoms with E-state index in [0.29, 0.717) is 23.3 Å². The third kappa shape index (κ3) is 5.57. The molecule has 0 aliphatic carbocycles. The predicted molar refractivity (Wildman–Crippen MR) is 114 cm³/mol. The van der Waals surface area contributed by atoms with Crippen molar-refractivity contribution in [2.24, 2.45) is 0 Å². The van der Waals surface area contributed by atoms with Crippen molar-refractivity contribution in [3.8, 4) is 0 Å². The number of nitrogens with zero attached hydrogens (tertiary/aromatic N) is 2. The molecule has 6 nitrogen and oxygen atoms in total. The Morgan fingerprint density at radius 2 is 1.96 bits per heavy atom. The molecule has 0 saturated carbocycles. The minimum atomic E-state index is -3.95. The number of halogens is 2. The molecular formula is C17H24BrClN2O4SSi. The van der Waals surface area contributed by atoms with Crippen LogP contribution in [0.1, 0.15) is 12.7 Å². The summed E-state index contributed by atoms with van der Waals surface area (Å²) < 4.78 is 39.0. The van der Waals surface area contributed by atoms with Crippen molar-refractivity contribution in [2.45, 2.75) is 43.9 Å². The summed E-state index contributed by atoms with van der Waals surface area (Å²) in [6, 6.07) is 7.50. The maximum Gasteiger partial charge on any atom is 0.268 e. The summed E-state index contributed by atoms with van der Waals surface area (Å²) >= 11 is 9.62. The Morgan fingerprint density at radius 1 is 1.30 bits per heavy atom. The molecule has 2 rings (SSSR count). The fraction of sp³-hybridized carbons (Fsp3) is 0.471. The second-order valence-corrected chi connectivity index (χ2v) is 15.9. The van der Waals surface area contributed by atoms with E-state index in [0.717, 1.165) is 10.3 Å². The van der Waals surface area contributed by atoms with Crippen LogP contribution in [0.5, 0.6) is 0 Å². The highest BCUT2D eigenvalue weighted by molar-refractivity contribution is 9.10. The third-order valence-electron chi connectivity index (χ3n) is 3.85. The van der Waals surface area contributed by atoms with E-state index in [4.69, 9.17) is 20.9 Å². The highest BCUT2D eigenvalue weighted by atomic mass is 79.9. The smallest absolute Gasteiger partial charge is 0.268 e. The van der Waals surface area contributed by atoms with Gasteiger partial charge in [-0.3, -0.25) is 0 Å². The molecule has 27 heavy (non-hydrogen) atoms. The second-order valence-electron chi connectivity index (χ2n) is 7.23. The number of benzene rings is 1. The second kappa shape index (κ2) is 9.08. The van der Waals surface area contributed by atoms with Gasteiger partial charge in [0, 0.05) is 25.6 Å². The van der Waals surface area contributed by atoms with Gasteiger partial charge in [0.15, 0.2) is 5.76 Å². The quantitative estimate of drug-likeness (QED) is 0.273. The molecule has 0 unspecified atom stereocenters. The Labute approximate surface area is 175 Å². The molecule has 0 spiro atoms. The van der Waals surface area contributed by atoms with Gasteiger partial charge >= 0.3 is 0 Å². The maximum absolute atomic E-state index is 13.3. The topological polar surface area (TPSA) is 72.6 Å². The number of anilines is 1. The van der Waals surface area contributed by atoms with Gasteiger partial charge in [0.25, 0.3) is 10.0 Å². The first kappa shape index (κ1) is 22.4. The van der Waals surface area contributed by atoms with E-state index in [1.54, 1.807) is 18.2 Å². The molecule has 1 heterocycles. The molecular weight excluding hydrogens is 472 g/mol. The molecule has 0 N–H and O–H groups in total. The van der Waals surface area contributed by atoms with Crippen LogP contribution in [0.4, 0.5) is 5.82 Å². The Bertz CT molecular complexity index is 883. The number of rotatable bonds is 9. The zero-order valence-corrected chi connectivity index (χ0v) is 20.0. The fourth-order valence-electron chi connectivity index (χ4n) is 2.22. The summed E-state index contributed by atoms with van der Waals surface area (Å²) in [5, 5.41) is 4.07. The summed E-state index contributed by atoms with van der Waals surface area (Å²) in [5.74, 6) is 0.471. The molecule has 0 fully saturated rings. The van der Waals surface area contributed by atoms with Crippen molar-refractivity contribution in [1.29, 1.82) is 0 Å². The van der Waals surface area contributed by atoms with Crippen molar-refractivity contribution in [3.63, 3.8) is 0 Å². The molecule has 10 heteroatoms. The summed E-state index contributed by atoms with van der Waals surface area (Å²) in [7, 11) is -5.25. The van der Waals surface area contributed by atoms with Crippen LogP contribution in [-0.4, -0.2) is 35.0 Å². The number of aromatic nitrogens is 1. The van der Waals surface area contributed by atoms with E-state index < -0.39 is 18.1 Å². The SMILES string of the molecule is CCc1onc(N(COCC[Si](C)(C)C)S(=O)(=O)c2ccccc2Br)c1Cl. The van der Waals surface area contributed by atoms with Gasteiger partial charge in [0.1, 0.15) is 16.6 Å².